The number of nitrogens with two attached hydrogens (primary N) is 1. The van der Waals surface area contributed by atoms with Crippen LogP contribution in [0.2, 0.25) is 0 Å². The second kappa shape index (κ2) is 1.74. The van der Waals surface area contributed by atoms with Crippen LogP contribution in [0.25, 0.3) is 0 Å². The van der Waals surface area contributed by atoms with Crippen LogP contribution in [0, 0.1) is 10.8 Å². The van der Waals surface area contributed by atoms with Gasteiger partial charge in [0.25, 0.3) is 0 Å². The maximum Gasteiger partial charge on any atom is 0.00254 e. The summed E-state index contributed by atoms with van der Waals surface area (Å²) >= 11 is 0. The SMILES string of the molecule is C[C@]12CCNC[C@@]1(CN)C2. The summed E-state index contributed by atoms with van der Waals surface area (Å²) in [7, 11) is 0. The van der Waals surface area contributed by atoms with Crippen molar-refractivity contribution in [2.45, 2.75) is 19.8 Å². The number of hydrogen-bond acceptors (Lipinski definition) is 2. The molecule has 1 heterocycles. The summed E-state index contributed by atoms with van der Waals surface area (Å²) < 4.78 is 0. The van der Waals surface area contributed by atoms with Crippen LogP contribution in [0.5, 0.6) is 0 Å². The Balaban J connectivity index is 2.13. The van der Waals surface area contributed by atoms with E-state index in [1.54, 1.807) is 0 Å². The van der Waals surface area contributed by atoms with Gasteiger partial charge in [0.15, 0.2) is 0 Å². The molecule has 1 saturated heterocycles. The highest BCUT2D eigenvalue weighted by molar-refractivity contribution is 5.15. The number of fused-ring (bicyclic) bond motifs is 1. The molecule has 0 amide bonds. The van der Waals surface area contributed by atoms with E-state index in [-0.39, 0.29) is 0 Å². The summed E-state index contributed by atoms with van der Waals surface area (Å²) in [5.41, 5.74) is 6.82. The lowest BCUT2D eigenvalue weighted by Gasteiger charge is -2.27. The van der Waals surface area contributed by atoms with E-state index in [0.717, 1.165) is 13.1 Å². The minimum absolute atomic E-state index is 0.491. The molecule has 0 unspecified atom stereocenters. The first-order chi connectivity index (χ1) is 4.72. The average molecular weight is 140 g/mol. The molecule has 2 aliphatic rings. The maximum atomic E-state index is 5.72. The first-order valence-electron chi connectivity index (χ1n) is 4.13. The zero-order valence-electron chi connectivity index (χ0n) is 6.61. The molecule has 2 atom stereocenters. The van der Waals surface area contributed by atoms with E-state index in [1.807, 2.05) is 0 Å². The molecule has 2 rings (SSSR count). The molecule has 0 radical (unpaired) electrons. The highest BCUT2D eigenvalue weighted by Crippen LogP contribution is 2.65. The van der Waals surface area contributed by atoms with Crippen LogP contribution in [0.3, 0.4) is 0 Å². The van der Waals surface area contributed by atoms with Crippen molar-refractivity contribution in [3.63, 3.8) is 0 Å². The number of piperidine rings is 1. The van der Waals surface area contributed by atoms with Gasteiger partial charge in [-0.15, -0.1) is 0 Å². The first-order valence-corrected chi connectivity index (χ1v) is 4.13. The van der Waals surface area contributed by atoms with Crippen molar-refractivity contribution in [2.24, 2.45) is 16.6 Å². The Bertz CT molecular complexity index is 153. The molecule has 0 aromatic heterocycles. The van der Waals surface area contributed by atoms with E-state index in [4.69, 9.17) is 5.73 Å². The van der Waals surface area contributed by atoms with E-state index in [1.165, 1.54) is 19.4 Å². The predicted octanol–water partition coefficient (Wildman–Crippen LogP) is 0.335. The Morgan fingerprint density at radius 3 is 2.90 bits per heavy atom. The van der Waals surface area contributed by atoms with Gasteiger partial charge in [-0.05, 0) is 31.3 Å². The Labute approximate surface area is 62.2 Å². The maximum absolute atomic E-state index is 5.72. The molecule has 1 saturated carbocycles. The average Bonchev–Trinajstić information content (AvgIpc) is 2.56. The highest BCUT2D eigenvalue weighted by atomic mass is 15.0. The lowest BCUT2D eigenvalue weighted by molar-refractivity contribution is 0.281. The van der Waals surface area contributed by atoms with Gasteiger partial charge in [-0.1, -0.05) is 6.92 Å². The van der Waals surface area contributed by atoms with E-state index < -0.39 is 0 Å². The fourth-order valence-corrected chi connectivity index (χ4v) is 2.41. The van der Waals surface area contributed by atoms with E-state index >= 15 is 0 Å². The van der Waals surface area contributed by atoms with Crippen LogP contribution in [0.4, 0.5) is 0 Å². The van der Waals surface area contributed by atoms with Crippen molar-refractivity contribution in [2.75, 3.05) is 19.6 Å². The smallest absolute Gasteiger partial charge is 0.00254 e. The van der Waals surface area contributed by atoms with Gasteiger partial charge in [-0.2, -0.15) is 0 Å². The lowest BCUT2D eigenvalue weighted by Crippen LogP contribution is -2.39. The quantitative estimate of drug-likeness (QED) is 0.551. The standard InChI is InChI=1S/C8H16N2/c1-7-2-3-10-6-8(7,4-7)5-9/h10H,2-6,9H2,1H3/t7-,8+/m1/s1. The Kier molecular flexibility index (Phi) is 1.15. The molecule has 58 valence electrons. The van der Waals surface area contributed by atoms with Crippen molar-refractivity contribution in [1.29, 1.82) is 0 Å². The predicted molar refractivity (Wildman–Crippen MR) is 41.7 cm³/mol. The molecule has 0 aromatic rings. The van der Waals surface area contributed by atoms with Gasteiger partial charge in [0.2, 0.25) is 0 Å². The molecule has 0 bridgehead atoms. The van der Waals surface area contributed by atoms with Gasteiger partial charge in [0, 0.05) is 12.0 Å². The fraction of sp³-hybridized carbons (Fsp3) is 1.00. The number of rotatable bonds is 1. The summed E-state index contributed by atoms with van der Waals surface area (Å²) in [6.45, 7) is 5.59. The van der Waals surface area contributed by atoms with E-state index in [9.17, 15) is 0 Å². The minimum atomic E-state index is 0.491. The van der Waals surface area contributed by atoms with Crippen molar-refractivity contribution in [3.8, 4) is 0 Å². The summed E-state index contributed by atoms with van der Waals surface area (Å²) in [4.78, 5) is 0. The van der Waals surface area contributed by atoms with Crippen LogP contribution in [0.15, 0.2) is 0 Å². The van der Waals surface area contributed by atoms with Crippen molar-refractivity contribution < 1.29 is 0 Å². The van der Waals surface area contributed by atoms with Crippen LogP contribution in [-0.4, -0.2) is 19.6 Å². The summed E-state index contributed by atoms with van der Waals surface area (Å²) in [6.07, 6.45) is 2.67. The monoisotopic (exact) mass is 140 g/mol. The molecular formula is C8H16N2. The molecule has 1 aliphatic carbocycles. The van der Waals surface area contributed by atoms with E-state index in [2.05, 4.69) is 12.2 Å². The van der Waals surface area contributed by atoms with Gasteiger partial charge >= 0.3 is 0 Å². The summed E-state index contributed by atoms with van der Waals surface area (Å²) in [6, 6.07) is 0. The topological polar surface area (TPSA) is 38.0 Å². The molecule has 2 heteroatoms. The van der Waals surface area contributed by atoms with Gasteiger partial charge < -0.3 is 11.1 Å². The van der Waals surface area contributed by atoms with Gasteiger partial charge in [-0.25, -0.2) is 0 Å². The van der Waals surface area contributed by atoms with Gasteiger partial charge in [-0.3, -0.25) is 0 Å². The fourth-order valence-electron chi connectivity index (χ4n) is 2.41. The van der Waals surface area contributed by atoms with Crippen molar-refractivity contribution in [1.82, 2.24) is 5.32 Å². The third-order valence-corrected chi connectivity index (χ3v) is 3.59. The second-order valence-electron chi connectivity index (χ2n) is 4.15. The largest absolute Gasteiger partial charge is 0.330 e. The van der Waals surface area contributed by atoms with Gasteiger partial charge in [0.05, 0.1) is 0 Å². The van der Waals surface area contributed by atoms with Crippen molar-refractivity contribution >= 4 is 0 Å². The zero-order chi connectivity index (χ0) is 7.24. The van der Waals surface area contributed by atoms with Crippen LogP contribution >= 0.6 is 0 Å². The molecule has 10 heavy (non-hydrogen) atoms. The zero-order valence-corrected chi connectivity index (χ0v) is 6.61. The Hall–Kier alpha value is -0.0800. The van der Waals surface area contributed by atoms with Crippen molar-refractivity contribution in [3.05, 3.63) is 0 Å². The third-order valence-electron chi connectivity index (χ3n) is 3.59. The number of nitrogens with one attached hydrogen (secondary N) is 1. The van der Waals surface area contributed by atoms with Gasteiger partial charge in [0.1, 0.15) is 0 Å². The van der Waals surface area contributed by atoms with Crippen LogP contribution in [0.1, 0.15) is 19.8 Å². The molecule has 0 spiro atoms. The highest BCUT2D eigenvalue weighted by Gasteiger charge is 2.63. The molecule has 3 N–H and O–H groups in total. The first kappa shape index (κ1) is 6.62. The Morgan fingerprint density at radius 1 is 1.60 bits per heavy atom. The van der Waals surface area contributed by atoms with Crippen LogP contribution in [-0.2, 0) is 0 Å². The summed E-state index contributed by atoms with van der Waals surface area (Å²) in [5.74, 6) is 0. The summed E-state index contributed by atoms with van der Waals surface area (Å²) in [5, 5.41) is 3.41. The lowest BCUT2D eigenvalue weighted by atomic mass is 9.88. The Morgan fingerprint density at radius 2 is 2.40 bits per heavy atom. The second-order valence-corrected chi connectivity index (χ2v) is 4.15. The molecule has 1 aliphatic heterocycles. The molecule has 2 nitrogen and oxygen atoms in total. The normalized spacial score (nSPS) is 52.2. The third kappa shape index (κ3) is 0.611. The van der Waals surface area contributed by atoms with Crippen LogP contribution < -0.4 is 11.1 Å². The molecular weight excluding hydrogens is 124 g/mol. The molecule has 2 fully saturated rings. The minimum Gasteiger partial charge on any atom is -0.330 e. The molecule has 0 aromatic carbocycles. The number of hydrogen-bond donors (Lipinski definition) is 2. The van der Waals surface area contributed by atoms with E-state index in [0.29, 0.717) is 10.8 Å².